The van der Waals surface area contributed by atoms with Crippen LogP contribution >= 0.6 is 13.4 Å². The number of nitriles is 1. The fraction of sp³-hybridized carbons (Fsp3) is 0.587. The summed E-state index contributed by atoms with van der Waals surface area (Å²) < 4.78 is 63.8. The Morgan fingerprint density at radius 1 is 0.855 bits per heavy atom. The lowest BCUT2D eigenvalue weighted by Crippen LogP contribution is -2.51. The largest absolute Gasteiger partial charge is 0.780 e. The van der Waals surface area contributed by atoms with Crippen molar-refractivity contribution in [2.75, 3.05) is 30.5 Å². The molecule has 412 valence electrons. The Hall–Kier alpha value is -4.12. The van der Waals surface area contributed by atoms with Crippen LogP contribution in [0.4, 0.5) is 11.8 Å². The van der Waals surface area contributed by atoms with Gasteiger partial charge >= 0.3 is 6.72 Å². The number of rotatable bonds is 13. The van der Waals surface area contributed by atoms with E-state index in [-0.39, 0.29) is 63.8 Å². The molecule has 5 aromatic rings. The molecule has 0 saturated carbocycles. The normalized spacial score (nSPS) is 27.9. The first-order valence-corrected chi connectivity index (χ1v) is 35.5. The van der Waals surface area contributed by atoms with Crippen molar-refractivity contribution in [1.29, 1.82) is 5.26 Å². The second-order valence-electron chi connectivity index (χ2n) is 21.9. The topological polar surface area (TPSA) is 295 Å². The smallest absolute Gasteiger partial charge is 0.327 e. The standard InChI is InChI=1S/C46H65N11O13P2S2Si2/c1-26(2)39(58)54-44-53-38-31(41(60)55-44)51-25-57(38)43-35-33(70-76(11,12)46(6,7)8)28(65-43)21-63-71(61,73)67-34-32(69-75(9,10)45(3,4)5)29(22-64-72(74,68-35)62-20-16-19-47)66-42(34)56-24-50-30-36(48-23-49-37(30)56)52-40(59)27-17-14-13-15-18-27/h13-15,17-18,23-26,28-29,32-35,42-43H,16,20-22H2,1-12H3,(H,61,73)(H,48,49,52,59)(H2,53,54,55,58,60)/p-1/t28-,29-,32?,33?,34+,35+,42-,43-,71?,72?/m1/s1. The number of hydrogen-bond acceptors (Lipinski definition) is 21. The molecule has 4 unspecified atom stereocenters. The zero-order valence-electron chi connectivity index (χ0n) is 44.2. The Labute approximate surface area is 452 Å². The zero-order chi connectivity index (χ0) is 55.3. The third kappa shape index (κ3) is 12.3. The highest BCUT2D eigenvalue weighted by molar-refractivity contribution is 8.07. The van der Waals surface area contributed by atoms with Crippen molar-refractivity contribution in [2.45, 2.75) is 147 Å². The van der Waals surface area contributed by atoms with Crippen molar-refractivity contribution in [3.05, 3.63) is 65.2 Å². The maximum absolute atomic E-state index is 15.0. The molecule has 0 radical (unpaired) electrons. The average molecular weight is 1160 g/mol. The number of imidazole rings is 2. The number of amides is 2. The molecule has 76 heavy (non-hydrogen) atoms. The molecule has 2 amide bonds. The van der Waals surface area contributed by atoms with Gasteiger partial charge in [0.25, 0.3) is 11.5 Å². The number of nitrogens with one attached hydrogen (secondary N) is 3. The predicted molar refractivity (Wildman–Crippen MR) is 290 cm³/mol. The van der Waals surface area contributed by atoms with Gasteiger partial charge < -0.3 is 46.6 Å². The van der Waals surface area contributed by atoms with Crippen molar-refractivity contribution in [3.8, 4) is 6.07 Å². The van der Waals surface area contributed by atoms with Gasteiger partial charge in [-0.15, -0.1) is 0 Å². The van der Waals surface area contributed by atoms with Crippen molar-refractivity contribution < 1.29 is 55.4 Å². The monoisotopic (exact) mass is 1160 g/mol. The molecule has 8 rings (SSSR count). The van der Waals surface area contributed by atoms with Crippen LogP contribution in [0.2, 0.25) is 36.3 Å². The third-order valence-electron chi connectivity index (χ3n) is 14.2. The minimum Gasteiger partial charge on any atom is -0.780 e. The van der Waals surface area contributed by atoms with E-state index in [9.17, 15) is 19.6 Å². The minimum atomic E-state index is -4.63. The Kier molecular flexibility index (Phi) is 17.0. The summed E-state index contributed by atoms with van der Waals surface area (Å²) in [6.07, 6.45) is -5.66. The molecule has 1 aromatic carbocycles. The van der Waals surface area contributed by atoms with Gasteiger partial charge in [0.1, 0.15) is 49.7 Å². The fourth-order valence-corrected chi connectivity index (χ4v) is 14.1. The number of ether oxygens (including phenoxy) is 2. The van der Waals surface area contributed by atoms with Gasteiger partial charge in [-0.2, -0.15) is 10.2 Å². The van der Waals surface area contributed by atoms with Gasteiger partial charge in [-0.3, -0.25) is 38.3 Å². The van der Waals surface area contributed by atoms with Crippen LogP contribution < -0.4 is 21.1 Å². The maximum atomic E-state index is 15.0. The average Bonchev–Trinajstić information content (AvgIpc) is 4.11. The molecule has 24 nitrogen and oxygen atoms in total. The van der Waals surface area contributed by atoms with E-state index in [1.54, 1.807) is 44.2 Å². The number of H-pyrrole nitrogens is 1. The van der Waals surface area contributed by atoms with Crippen LogP contribution in [0, 0.1) is 17.2 Å². The molecule has 0 aliphatic carbocycles. The molecule has 3 saturated heterocycles. The van der Waals surface area contributed by atoms with Crippen LogP contribution in [-0.2, 0) is 69.4 Å². The molecule has 4 bridgehead atoms. The van der Waals surface area contributed by atoms with Crippen molar-refractivity contribution in [2.24, 2.45) is 5.92 Å². The van der Waals surface area contributed by atoms with Crippen LogP contribution in [0.25, 0.3) is 22.3 Å². The Bertz CT molecular complexity index is 3170. The van der Waals surface area contributed by atoms with E-state index in [2.05, 4.69) is 67.4 Å². The lowest BCUT2D eigenvalue weighted by Gasteiger charge is -2.43. The lowest BCUT2D eigenvalue weighted by atomic mass is 10.1. The summed E-state index contributed by atoms with van der Waals surface area (Å²) in [5, 5.41) is 14.4. The molecule has 30 heteroatoms. The molecule has 3 N–H and O–H groups in total. The molecule has 10 atom stereocenters. The highest BCUT2D eigenvalue weighted by atomic mass is 32.5. The van der Waals surface area contributed by atoms with E-state index < -0.39 is 109 Å². The lowest BCUT2D eigenvalue weighted by molar-refractivity contribution is -0.218. The number of carbonyl (C=O) groups is 2. The van der Waals surface area contributed by atoms with Crippen LogP contribution in [-0.4, -0.2) is 124 Å². The second kappa shape index (κ2) is 22.2. The molecule has 3 aliphatic rings. The number of benzene rings is 1. The highest BCUT2D eigenvalue weighted by Crippen LogP contribution is 2.58. The number of fused-ring (bicyclic) bond motifs is 6. The van der Waals surface area contributed by atoms with E-state index >= 15 is 4.89 Å². The second-order valence-corrected chi connectivity index (χ2v) is 37.1. The van der Waals surface area contributed by atoms with Gasteiger partial charge in [-0.1, -0.05) is 85.4 Å². The summed E-state index contributed by atoms with van der Waals surface area (Å²) >= 11 is 12.1. The van der Waals surface area contributed by atoms with Crippen molar-refractivity contribution >= 4 is 99.6 Å². The van der Waals surface area contributed by atoms with E-state index in [0.717, 1.165) is 0 Å². The van der Waals surface area contributed by atoms with Crippen molar-refractivity contribution in [1.82, 2.24) is 39.0 Å². The Balaban J connectivity index is 1.25. The van der Waals surface area contributed by atoms with Gasteiger partial charge in [0, 0.05) is 11.5 Å². The SMILES string of the molecule is CC(C)C(=O)Nc1nc2c(ncn2[C@@H]2O[C@@H]3COP([O-])(=S)O[C@H]4C(O[Si](C)(C)C(C)(C)C)[C@@H](COP(=S)(OCCC#N)O[C@H]2C3O[Si](C)(C)C(C)(C)C)O[C@H]4n2cnc3c(NC(=O)c4ccccc4)ncnc32)c(=O)[nH]1. The van der Waals surface area contributed by atoms with Crippen LogP contribution in [0.5, 0.6) is 0 Å². The first kappa shape index (κ1) is 58.0. The first-order chi connectivity index (χ1) is 35.5. The van der Waals surface area contributed by atoms with Gasteiger partial charge in [0.05, 0.1) is 45.0 Å². The summed E-state index contributed by atoms with van der Waals surface area (Å²) in [7, 11) is -5.65. The predicted octanol–water partition coefficient (Wildman–Crippen LogP) is 6.94. The number of carbonyl (C=O) groups excluding carboxylic acids is 2. The molecular formula is C46H64N11O13P2S2Si2-. The fourth-order valence-electron chi connectivity index (χ4n) is 7.97. The van der Waals surface area contributed by atoms with E-state index in [4.69, 9.17) is 64.6 Å². The number of anilines is 2. The summed E-state index contributed by atoms with van der Waals surface area (Å²) in [6.45, 7) is 13.9. The molecule has 7 heterocycles. The van der Waals surface area contributed by atoms with Crippen LogP contribution in [0.1, 0.15) is 84.6 Å². The zero-order valence-corrected chi connectivity index (χ0v) is 49.7. The summed E-state index contributed by atoms with van der Waals surface area (Å²) in [5.41, 5.74) is 0.0384. The van der Waals surface area contributed by atoms with E-state index in [0.29, 0.717) is 5.56 Å². The minimum absolute atomic E-state index is 0.00535. The van der Waals surface area contributed by atoms with E-state index in [1.807, 2.05) is 47.0 Å². The van der Waals surface area contributed by atoms with Crippen LogP contribution in [0.3, 0.4) is 0 Å². The highest BCUT2D eigenvalue weighted by Gasteiger charge is 2.57. The van der Waals surface area contributed by atoms with Gasteiger partial charge in [0.15, 0.2) is 57.2 Å². The van der Waals surface area contributed by atoms with Crippen molar-refractivity contribution in [3.63, 3.8) is 0 Å². The number of aromatic nitrogens is 8. The van der Waals surface area contributed by atoms with Gasteiger partial charge in [-0.25, -0.2) is 19.9 Å². The van der Waals surface area contributed by atoms with Gasteiger partial charge in [-0.05, 0) is 60.2 Å². The molecular weight excluding hydrogens is 1100 g/mol. The maximum Gasteiger partial charge on any atom is 0.327 e. The first-order valence-electron chi connectivity index (χ1n) is 24.6. The Morgan fingerprint density at radius 3 is 2.00 bits per heavy atom. The number of aromatic amines is 1. The molecule has 0 spiro atoms. The summed E-state index contributed by atoms with van der Waals surface area (Å²) in [5.74, 6) is -1.32. The van der Waals surface area contributed by atoms with E-state index in [1.165, 1.54) is 28.1 Å². The summed E-state index contributed by atoms with van der Waals surface area (Å²) in [6, 6.07) is 10.7. The summed E-state index contributed by atoms with van der Waals surface area (Å²) in [4.78, 5) is 79.7. The van der Waals surface area contributed by atoms with Gasteiger partial charge in [0.2, 0.25) is 11.9 Å². The Morgan fingerprint density at radius 2 is 1.42 bits per heavy atom. The number of hydrogen-bond donors (Lipinski definition) is 3. The quantitative estimate of drug-likeness (QED) is 0.0611. The van der Waals surface area contributed by atoms with Crippen LogP contribution in [0.15, 0.2) is 54.1 Å². The molecule has 4 aromatic heterocycles. The number of nitrogens with zero attached hydrogens (tertiary/aromatic N) is 8. The molecule has 3 aliphatic heterocycles. The third-order valence-corrected chi connectivity index (χ3v) is 27.0. The molecule has 3 fully saturated rings.